The maximum Gasteiger partial charge on any atom is 0.277 e. The minimum atomic E-state index is -0.399. The number of methoxy groups -OCH3 is 1. The molecule has 0 heterocycles. The molecule has 0 saturated carbocycles. The van der Waals surface area contributed by atoms with Gasteiger partial charge in [0.25, 0.3) is 11.8 Å². The molecule has 0 atom stereocenters. The van der Waals surface area contributed by atoms with Crippen molar-refractivity contribution >= 4 is 35.3 Å². The lowest BCUT2D eigenvalue weighted by Gasteiger charge is -2.08. The third kappa shape index (κ3) is 8.19. The Labute approximate surface area is 196 Å². The Hall–Kier alpha value is -4.04. The normalized spacial score (nSPS) is 10.5. The van der Waals surface area contributed by atoms with Crippen LogP contribution in [0.2, 0.25) is 5.02 Å². The van der Waals surface area contributed by atoms with Crippen molar-refractivity contribution in [2.75, 3.05) is 25.6 Å². The third-order valence-corrected chi connectivity index (χ3v) is 4.46. The van der Waals surface area contributed by atoms with Gasteiger partial charge >= 0.3 is 0 Å². The van der Waals surface area contributed by atoms with Crippen LogP contribution in [0.5, 0.6) is 17.2 Å². The fraction of sp³-hybridized carbons (Fsp3) is 0.125. The monoisotopic (exact) mass is 467 g/mol. The number of halogens is 1. The zero-order chi connectivity index (χ0) is 23.5. The second-order valence-corrected chi connectivity index (χ2v) is 7.11. The topological polar surface area (TPSA) is 98.3 Å². The number of hydrogen-bond acceptors (Lipinski definition) is 6. The summed E-state index contributed by atoms with van der Waals surface area (Å²) in [5.74, 6) is 1.08. The van der Waals surface area contributed by atoms with Crippen molar-refractivity contribution in [3.63, 3.8) is 0 Å². The summed E-state index contributed by atoms with van der Waals surface area (Å²) in [5, 5.41) is 7.22. The van der Waals surface area contributed by atoms with Gasteiger partial charge in [0.05, 0.1) is 13.3 Å². The van der Waals surface area contributed by atoms with Crippen molar-refractivity contribution in [1.82, 2.24) is 5.43 Å². The first kappa shape index (κ1) is 23.6. The first-order valence-electron chi connectivity index (χ1n) is 9.89. The molecule has 0 aliphatic rings. The summed E-state index contributed by atoms with van der Waals surface area (Å²) in [4.78, 5) is 23.8. The lowest BCUT2D eigenvalue weighted by atomic mass is 10.2. The van der Waals surface area contributed by atoms with E-state index in [-0.39, 0.29) is 19.1 Å². The molecule has 0 radical (unpaired) electrons. The van der Waals surface area contributed by atoms with Crippen LogP contribution in [0.25, 0.3) is 0 Å². The Kier molecular flexibility index (Phi) is 8.67. The summed E-state index contributed by atoms with van der Waals surface area (Å²) in [6, 6.07) is 20.6. The van der Waals surface area contributed by atoms with Crippen LogP contribution >= 0.6 is 11.6 Å². The van der Waals surface area contributed by atoms with E-state index in [2.05, 4.69) is 15.8 Å². The quantitative estimate of drug-likeness (QED) is 0.348. The molecule has 3 aromatic carbocycles. The number of amides is 2. The largest absolute Gasteiger partial charge is 0.497 e. The molecule has 0 unspecified atom stereocenters. The Morgan fingerprint density at radius 3 is 1.97 bits per heavy atom. The molecular weight excluding hydrogens is 446 g/mol. The van der Waals surface area contributed by atoms with E-state index >= 15 is 0 Å². The fourth-order valence-corrected chi connectivity index (χ4v) is 2.69. The van der Waals surface area contributed by atoms with Gasteiger partial charge in [-0.15, -0.1) is 0 Å². The molecule has 3 aromatic rings. The molecule has 0 fully saturated rings. The van der Waals surface area contributed by atoms with Crippen molar-refractivity contribution < 1.29 is 23.8 Å². The maximum atomic E-state index is 12.0. The van der Waals surface area contributed by atoms with Gasteiger partial charge in [0, 0.05) is 10.7 Å². The second-order valence-electron chi connectivity index (χ2n) is 6.67. The van der Waals surface area contributed by atoms with Crippen molar-refractivity contribution in [3.8, 4) is 17.2 Å². The zero-order valence-electron chi connectivity index (χ0n) is 17.8. The van der Waals surface area contributed by atoms with Crippen molar-refractivity contribution in [2.24, 2.45) is 5.10 Å². The number of anilines is 1. The minimum Gasteiger partial charge on any atom is -0.497 e. The number of nitrogens with zero attached hydrogens (tertiary/aromatic N) is 1. The van der Waals surface area contributed by atoms with E-state index in [0.29, 0.717) is 28.0 Å². The maximum absolute atomic E-state index is 12.0. The summed E-state index contributed by atoms with van der Waals surface area (Å²) >= 11 is 5.80. The average molecular weight is 468 g/mol. The van der Waals surface area contributed by atoms with E-state index < -0.39 is 5.91 Å². The van der Waals surface area contributed by atoms with Crippen LogP contribution in [0.4, 0.5) is 5.69 Å². The van der Waals surface area contributed by atoms with Gasteiger partial charge in [0.2, 0.25) is 0 Å². The van der Waals surface area contributed by atoms with Gasteiger partial charge in [-0.05, 0) is 78.4 Å². The summed E-state index contributed by atoms with van der Waals surface area (Å²) in [6.07, 6.45) is 1.49. The molecule has 0 spiro atoms. The van der Waals surface area contributed by atoms with E-state index in [1.54, 1.807) is 79.9 Å². The van der Waals surface area contributed by atoms with Gasteiger partial charge in [-0.2, -0.15) is 5.10 Å². The van der Waals surface area contributed by atoms with Gasteiger partial charge < -0.3 is 19.5 Å². The van der Waals surface area contributed by atoms with Crippen LogP contribution in [-0.4, -0.2) is 38.4 Å². The van der Waals surface area contributed by atoms with Crippen LogP contribution in [0.3, 0.4) is 0 Å². The Balaban J connectivity index is 1.38. The lowest BCUT2D eigenvalue weighted by molar-refractivity contribution is -0.123. The molecule has 0 aliphatic carbocycles. The second kappa shape index (κ2) is 12.1. The van der Waals surface area contributed by atoms with E-state index in [4.69, 9.17) is 25.8 Å². The number of hydrogen-bond donors (Lipinski definition) is 2. The zero-order valence-corrected chi connectivity index (χ0v) is 18.5. The third-order valence-electron chi connectivity index (χ3n) is 4.21. The predicted molar refractivity (Wildman–Crippen MR) is 126 cm³/mol. The molecule has 9 heteroatoms. The number of hydrazone groups is 1. The van der Waals surface area contributed by atoms with Gasteiger partial charge in [-0.1, -0.05) is 11.6 Å². The number of carbonyl (C=O) groups excluding carboxylic acids is 2. The number of rotatable bonds is 10. The van der Waals surface area contributed by atoms with Crippen LogP contribution in [0, 0.1) is 0 Å². The van der Waals surface area contributed by atoms with Gasteiger partial charge in [0.15, 0.2) is 13.2 Å². The van der Waals surface area contributed by atoms with Gasteiger partial charge in [-0.25, -0.2) is 5.43 Å². The summed E-state index contributed by atoms with van der Waals surface area (Å²) in [6.45, 7) is -0.312. The highest BCUT2D eigenvalue weighted by Gasteiger charge is 2.05. The standard InChI is InChI=1S/C24H22ClN3O5/c1-31-20-12-6-19(7-13-20)27-23(29)15-32-21-8-2-17(3-9-21)14-26-28-24(30)16-33-22-10-4-18(25)5-11-22/h2-14H,15-16H2,1H3,(H,27,29)(H,28,30)/b26-14+. The molecule has 0 aliphatic heterocycles. The number of nitrogens with one attached hydrogen (secondary N) is 2. The van der Waals surface area contributed by atoms with E-state index in [1.807, 2.05) is 0 Å². The molecule has 8 nitrogen and oxygen atoms in total. The summed E-state index contributed by atoms with van der Waals surface area (Å²) < 4.78 is 15.9. The predicted octanol–water partition coefficient (Wildman–Crippen LogP) is 3.90. The molecule has 33 heavy (non-hydrogen) atoms. The van der Waals surface area contributed by atoms with Crippen LogP contribution in [0.15, 0.2) is 77.9 Å². The molecule has 0 saturated heterocycles. The van der Waals surface area contributed by atoms with Crippen molar-refractivity contribution in [1.29, 1.82) is 0 Å². The molecule has 0 aromatic heterocycles. The molecular formula is C24H22ClN3O5. The highest BCUT2D eigenvalue weighted by molar-refractivity contribution is 6.30. The molecule has 170 valence electrons. The fourth-order valence-electron chi connectivity index (χ4n) is 2.56. The molecule has 3 rings (SSSR count). The first-order valence-corrected chi connectivity index (χ1v) is 10.3. The lowest BCUT2D eigenvalue weighted by Crippen LogP contribution is -2.24. The first-order chi connectivity index (χ1) is 16.0. The Morgan fingerprint density at radius 1 is 0.818 bits per heavy atom. The highest BCUT2D eigenvalue weighted by atomic mass is 35.5. The van der Waals surface area contributed by atoms with E-state index in [1.165, 1.54) is 6.21 Å². The van der Waals surface area contributed by atoms with Crippen LogP contribution in [-0.2, 0) is 9.59 Å². The molecule has 0 bridgehead atoms. The van der Waals surface area contributed by atoms with Crippen molar-refractivity contribution in [2.45, 2.75) is 0 Å². The molecule has 2 amide bonds. The number of ether oxygens (including phenoxy) is 3. The van der Waals surface area contributed by atoms with Gasteiger partial charge in [-0.3, -0.25) is 9.59 Å². The summed E-state index contributed by atoms with van der Waals surface area (Å²) in [7, 11) is 1.58. The average Bonchev–Trinajstić information content (AvgIpc) is 2.84. The minimum absolute atomic E-state index is 0.136. The van der Waals surface area contributed by atoms with Gasteiger partial charge in [0.1, 0.15) is 17.2 Å². The smallest absolute Gasteiger partial charge is 0.277 e. The Bertz CT molecular complexity index is 1080. The SMILES string of the molecule is COc1ccc(NC(=O)COc2ccc(/C=N/NC(=O)COc3ccc(Cl)cc3)cc2)cc1. The van der Waals surface area contributed by atoms with Crippen LogP contribution < -0.4 is 25.0 Å². The number of carbonyl (C=O) groups is 2. The van der Waals surface area contributed by atoms with Crippen molar-refractivity contribution in [3.05, 3.63) is 83.4 Å². The summed E-state index contributed by atoms with van der Waals surface area (Å²) in [5.41, 5.74) is 3.77. The number of benzene rings is 3. The van der Waals surface area contributed by atoms with E-state index in [9.17, 15) is 9.59 Å². The molecule has 2 N–H and O–H groups in total. The highest BCUT2D eigenvalue weighted by Crippen LogP contribution is 2.16. The Morgan fingerprint density at radius 2 is 1.36 bits per heavy atom. The van der Waals surface area contributed by atoms with E-state index in [0.717, 1.165) is 5.56 Å². The van der Waals surface area contributed by atoms with Crippen LogP contribution in [0.1, 0.15) is 5.56 Å².